The molecule has 1 aliphatic heterocycles. The molecule has 1 heterocycles. The summed E-state index contributed by atoms with van der Waals surface area (Å²) in [5.41, 5.74) is -1.25. The standard InChI is InChI=1S/C15H24F2N2O3.Na/c1-14(2,3)15(16,17)8-18-12(20)10-6-7-11(13(21)22)19(10)9-4-5-9;/h9-11H,4-8H2,1-3H3,(H,18,20)(H,21,22);/q;+1/p-1. The molecule has 2 aliphatic rings. The fourth-order valence-corrected chi connectivity index (χ4v) is 2.80. The van der Waals surface area contributed by atoms with Gasteiger partial charge in [-0.25, -0.2) is 8.78 Å². The number of hydrogen-bond donors (Lipinski definition) is 1. The van der Waals surface area contributed by atoms with Crippen LogP contribution in [0.15, 0.2) is 0 Å². The van der Waals surface area contributed by atoms with Gasteiger partial charge in [0, 0.05) is 11.5 Å². The van der Waals surface area contributed by atoms with Gasteiger partial charge in [-0.15, -0.1) is 0 Å². The molecule has 8 heteroatoms. The third kappa shape index (κ3) is 4.65. The van der Waals surface area contributed by atoms with E-state index in [1.54, 1.807) is 4.90 Å². The Kier molecular flexibility index (Phi) is 6.63. The predicted octanol–water partition coefficient (Wildman–Crippen LogP) is -2.47. The van der Waals surface area contributed by atoms with Gasteiger partial charge < -0.3 is 15.2 Å². The maximum absolute atomic E-state index is 13.9. The topological polar surface area (TPSA) is 72.5 Å². The maximum atomic E-state index is 13.9. The van der Waals surface area contributed by atoms with Crippen LogP contribution in [-0.2, 0) is 9.59 Å². The van der Waals surface area contributed by atoms with Gasteiger partial charge in [-0.05, 0) is 25.7 Å². The molecule has 0 spiro atoms. The Morgan fingerprint density at radius 2 is 1.65 bits per heavy atom. The smallest absolute Gasteiger partial charge is 0.548 e. The molecule has 126 valence electrons. The second-order valence-electron chi connectivity index (χ2n) is 7.28. The molecule has 1 N–H and O–H groups in total. The van der Waals surface area contributed by atoms with Crippen molar-refractivity contribution < 1.29 is 53.0 Å². The SMILES string of the molecule is CC(C)(C)C(F)(F)CNC(=O)C1CCC(C(=O)[O-])N1C1CC1.[Na+]. The molecule has 1 aliphatic carbocycles. The molecule has 1 amide bonds. The molecule has 5 nitrogen and oxygen atoms in total. The van der Waals surface area contributed by atoms with Crippen LogP contribution in [0.4, 0.5) is 8.78 Å². The van der Waals surface area contributed by atoms with Crippen LogP contribution in [0, 0.1) is 5.41 Å². The second-order valence-corrected chi connectivity index (χ2v) is 7.28. The third-order valence-electron chi connectivity index (χ3n) is 4.56. The van der Waals surface area contributed by atoms with E-state index in [0.29, 0.717) is 12.8 Å². The Balaban J connectivity index is 0.00000264. The van der Waals surface area contributed by atoms with Crippen molar-refractivity contribution in [2.75, 3.05) is 6.54 Å². The zero-order chi connectivity index (χ0) is 16.7. The molecule has 2 unspecified atom stereocenters. The van der Waals surface area contributed by atoms with Crippen LogP contribution in [0.5, 0.6) is 0 Å². The molecule has 0 radical (unpaired) electrons. The number of alkyl halides is 2. The van der Waals surface area contributed by atoms with E-state index in [4.69, 9.17) is 0 Å². The molecular weight excluding hydrogens is 317 g/mol. The molecule has 2 rings (SSSR count). The molecule has 2 fully saturated rings. The molecule has 23 heavy (non-hydrogen) atoms. The maximum Gasteiger partial charge on any atom is 1.00 e. The average molecular weight is 340 g/mol. The summed E-state index contributed by atoms with van der Waals surface area (Å²) in [6.07, 6.45) is 2.37. The normalized spacial score (nSPS) is 25.8. The van der Waals surface area contributed by atoms with E-state index in [-0.39, 0.29) is 35.6 Å². The number of hydrogen-bond acceptors (Lipinski definition) is 4. The van der Waals surface area contributed by atoms with Crippen molar-refractivity contribution in [1.29, 1.82) is 0 Å². The molecule has 0 aromatic carbocycles. The minimum atomic E-state index is -3.03. The molecule has 0 bridgehead atoms. The molecular formula is C15H23F2N2NaO3. The van der Waals surface area contributed by atoms with Crippen molar-refractivity contribution in [3.05, 3.63) is 0 Å². The van der Waals surface area contributed by atoms with Crippen LogP contribution >= 0.6 is 0 Å². The van der Waals surface area contributed by atoms with Gasteiger partial charge in [-0.1, -0.05) is 20.8 Å². The number of rotatable bonds is 5. The zero-order valence-corrected chi connectivity index (χ0v) is 16.2. The number of aliphatic carboxylic acids is 1. The molecule has 0 aromatic heterocycles. The first kappa shape index (κ1) is 20.8. The summed E-state index contributed by atoms with van der Waals surface area (Å²) < 4.78 is 27.8. The van der Waals surface area contributed by atoms with Crippen molar-refractivity contribution in [2.45, 2.75) is 70.5 Å². The summed E-state index contributed by atoms with van der Waals surface area (Å²) in [7, 11) is 0. The van der Waals surface area contributed by atoms with E-state index in [2.05, 4.69) is 5.32 Å². The summed E-state index contributed by atoms with van der Waals surface area (Å²) in [4.78, 5) is 25.0. The molecule has 1 saturated heterocycles. The first-order valence-corrected chi connectivity index (χ1v) is 7.68. The Bertz CT molecular complexity index is 464. The number of carboxylic acids is 1. The average Bonchev–Trinajstić information content (AvgIpc) is 3.12. The first-order chi connectivity index (χ1) is 10.0. The van der Waals surface area contributed by atoms with Gasteiger partial charge in [0.15, 0.2) is 0 Å². The van der Waals surface area contributed by atoms with Crippen LogP contribution in [0.25, 0.3) is 0 Å². The Morgan fingerprint density at radius 3 is 2.09 bits per heavy atom. The number of halogens is 2. The van der Waals surface area contributed by atoms with E-state index in [0.717, 1.165) is 12.8 Å². The molecule has 1 saturated carbocycles. The number of nitrogens with zero attached hydrogens (tertiary/aromatic N) is 1. The van der Waals surface area contributed by atoms with E-state index in [9.17, 15) is 23.5 Å². The third-order valence-corrected chi connectivity index (χ3v) is 4.56. The van der Waals surface area contributed by atoms with Crippen LogP contribution in [0.2, 0.25) is 0 Å². The van der Waals surface area contributed by atoms with E-state index >= 15 is 0 Å². The first-order valence-electron chi connectivity index (χ1n) is 7.68. The summed E-state index contributed by atoms with van der Waals surface area (Å²) in [5, 5.41) is 13.5. The largest absolute Gasteiger partial charge is 1.00 e. The Labute approximate surface area is 157 Å². The second kappa shape index (κ2) is 7.33. The quantitative estimate of drug-likeness (QED) is 0.563. The number of likely N-dealkylation sites (tertiary alicyclic amines) is 1. The Hall–Kier alpha value is -0.240. The van der Waals surface area contributed by atoms with Gasteiger partial charge in [-0.2, -0.15) is 0 Å². The van der Waals surface area contributed by atoms with Gasteiger partial charge in [0.1, 0.15) is 0 Å². The fourth-order valence-electron chi connectivity index (χ4n) is 2.80. The van der Waals surface area contributed by atoms with Crippen molar-refractivity contribution >= 4 is 11.9 Å². The van der Waals surface area contributed by atoms with Gasteiger partial charge in [0.25, 0.3) is 5.92 Å². The molecule has 0 aromatic rings. The monoisotopic (exact) mass is 340 g/mol. The number of carbonyl (C=O) groups excluding carboxylic acids is 2. The van der Waals surface area contributed by atoms with Crippen molar-refractivity contribution in [1.82, 2.24) is 10.2 Å². The fraction of sp³-hybridized carbons (Fsp3) is 0.867. The Morgan fingerprint density at radius 1 is 1.13 bits per heavy atom. The minimum absolute atomic E-state index is 0. The summed E-state index contributed by atoms with van der Waals surface area (Å²) in [6.45, 7) is 3.51. The van der Waals surface area contributed by atoms with Crippen LogP contribution in [0.3, 0.4) is 0 Å². The predicted molar refractivity (Wildman–Crippen MR) is 74.1 cm³/mol. The van der Waals surface area contributed by atoms with Crippen molar-refractivity contribution in [3.63, 3.8) is 0 Å². The van der Waals surface area contributed by atoms with Crippen molar-refractivity contribution in [3.8, 4) is 0 Å². The van der Waals surface area contributed by atoms with E-state index in [1.165, 1.54) is 20.8 Å². The van der Waals surface area contributed by atoms with Gasteiger partial charge in [-0.3, -0.25) is 9.69 Å². The van der Waals surface area contributed by atoms with Crippen LogP contribution < -0.4 is 40.0 Å². The van der Waals surface area contributed by atoms with E-state index in [1.807, 2.05) is 0 Å². The van der Waals surface area contributed by atoms with Gasteiger partial charge in [0.2, 0.25) is 5.91 Å². The van der Waals surface area contributed by atoms with Gasteiger partial charge >= 0.3 is 29.6 Å². The zero-order valence-electron chi connectivity index (χ0n) is 14.2. The van der Waals surface area contributed by atoms with Gasteiger partial charge in [0.05, 0.1) is 24.6 Å². The van der Waals surface area contributed by atoms with E-state index < -0.39 is 41.8 Å². The summed E-state index contributed by atoms with van der Waals surface area (Å²) >= 11 is 0. The number of amides is 1. The number of carbonyl (C=O) groups is 2. The summed E-state index contributed by atoms with van der Waals surface area (Å²) in [5.74, 6) is -4.74. The number of carboxylic acid groups (broad SMARTS) is 1. The van der Waals surface area contributed by atoms with Crippen LogP contribution in [0.1, 0.15) is 46.5 Å². The molecule has 2 atom stereocenters. The number of nitrogens with one attached hydrogen (secondary N) is 1. The minimum Gasteiger partial charge on any atom is -0.548 e. The van der Waals surface area contributed by atoms with Crippen LogP contribution in [-0.4, -0.2) is 47.4 Å². The summed E-state index contributed by atoms with van der Waals surface area (Å²) in [6, 6.07) is -1.37. The van der Waals surface area contributed by atoms with Crippen molar-refractivity contribution in [2.24, 2.45) is 5.41 Å².